The summed E-state index contributed by atoms with van der Waals surface area (Å²) in [5.74, 6) is -0.370. The highest BCUT2D eigenvalue weighted by atomic mass is 127. The van der Waals surface area contributed by atoms with Crippen LogP contribution in [0.5, 0.6) is 11.5 Å². The fourth-order valence-corrected chi connectivity index (χ4v) is 2.49. The molecule has 0 unspecified atom stereocenters. The molecule has 0 saturated carbocycles. The van der Waals surface area contributed by atoms with Crippen molar-refractivity contribution in [2.45, 2.75) is 0 Å². The number of nitrogens with zero attached hydrogens (tertiary/aromatic N) is 2. The maximum atomic E-state index is 12.2. The number of ether oxygens (including phenoxy) is 2. The number of hydrogen-bond donors (Lipinski definition) is 0. The van der Waals surface area contributed by atoms with Crippen molar-refractivity contribution in [1.29, 1.82) is 5.26 Å². The van der Waals surface area contributed by atoms with Crippen LogP contribution < -0.4 is 9.47 Å². The second-order valence-corrected chi connectivity index (χ2v) is 5.46. The summed E-state index contributed by atoms with van der Waals surface area (Å²) in [5, 5.41) is 19.7. The Balaban J connectivity index is 2.36. The number of esters is 1. The molecule has 0 bridgehead atoms. The Bertz CT molecular complexity index is 829. The molecule has 2 aromatic rings. The standard InChI is InChI=1S/C15H9IN2O5/c1-22-13-6-9(8-17)5-12(16)14(13)23-15(19)10-3-2-4-11(7-10)18(20)21/h2-7H,1H3. The number of nitro benzene ring substituents is 1. The summed E-state index contributed by atoms with van der Waals surface area (Å²) < 4.78 is 10.9. The molecule has 7 nitrogen and oxygen atoms in total. The first-order valence-corrected chi connectivity index (χ1v) is 7.28. The summed E-state index contributed by atoms with van der Waals surface area (Å²) in [5.41, 5.74) is 0.198. The van der Waals surface area contributed by atoms with Gasteiger partial charge in [-0.25, -0.2) is 4.79 Å². The highest BCUT2D eigenvalue weighted by molar-refractivity contribution is 14.1. The molecule has 116 valence electrons. The fraction of sp³-hybridized carbons (Fsp3) is 0.0667. The molecule has 0 fully saturated rings. The van der Waals surface area contributed by atoms with Gasteiger partial charge in [-0.1, -0.05) is 6.07 Å². The molecule has 2 rings (SSSR count). The highest BCUT2D eigenvalue weighted by Crippen LogP contribution is 2.34. The average Bonchev–Trinajstić information content (AvgIpc) is 2.56. The van der Waals surface area contributed by atoms with Gasteiger partial charge in [-0.05, 0) is 34.7 Å². The molecule has 0 radical (unpaired) electrons. The molecule has 0 N–H and O–H groups in total. The second kappa shape index (κ2) is 7.06. The first kappa shape index (κ1) is 16.7. The summed E-state index contributed by atoms with van der Waals surface area (Å²) in [7, 11) is 1.39. The molecule has 0 aliphatic carbocycles. The number of carbonyl (C=O) groups is 1. The maximum Gasteiger partial charge on any atom is 0.343 e. The van der Waals surface area contributed by atoms with E-state index in [9.17, 15) is 14.9 Å². The van der Waals surface area contributed by atoms with Crippen LogP contribution in [0.1, 0.15) is 15.9 Å². The van der Waals surface area contributed by atoms with E-state index in [1.807, 2.05) is 28.7 Å². The van der Waals surface area contributed by atoms with Crippen LogP contribution in [0.3, 0.4) is 0 Å². The minimum Gasteiger partial charge on any atom is -0.493 e. The number of rotatable bonds is 4. The number of carbonyl (C=O) groups excluding carboxylic acids is 1. The van der Waals surface area contributed by atoms with Gasteiger partial charge in [0, 0.05) is 18.2 Å². The minimum atomic E-state index is -0.755. The minimum absolute atomic E-state index is 0.0430. The van der Waals surface area contributed by atoms with Crippen LogP contribution in [-0.2, 0) is 0 Å². The fourth-order valence-electron chi connectivity index (χ4n) is 1.78. The van der Waals surface area contributed by atoms with Gasteiger partial charge in [-0.3, -0.25) is 10.1 Å². The van der Waals surface area contributed by atoms with E-state index in [1.54, 1.807) is 6.07 Å². The molecule has 0 spiro atoms. The summed E-state index contributed by atoms with van der Waals surface area (Å²) in [6.07, 6.45) is 0. The van der Waals surface area contributed by atoms with Gasteiger partial charge >= 0.3 is 5.97 Å². The molecular weight excluding hydrogens is 415 g/mol. The lowest BCUT2D eigenvalue weighted by molar-refractivity contribution is -0.384. The third kappa shape index (κ3) is 3.75. The van der Waals surface area contributed by atoms with Crippen molar-refractivity contribution < 1.29 is 19.2 Å². The first-order valence-electron chi connectivity index (χ1n) is 6.20. The Morgan fingerprint density at radius 2 is 2.09 bits per heavy atom. The van der Waals surface area contributed by atoms with E-state index in [0.717, 1.165) is 6.07 Å². The molecule has 23 heavy (non-hydrogen) atoms. The molecule has 0 heterocycles. The second-order valence-electron chi connectivity index (χ2n) is 4.30. The number of halogens is 1. The third-order valence-electron chi connectivity index (χ3n) is 2.85. The quantitative estimate of drug-likeness (QED) is 0.245. The number of nitro groups is 1. The summed E-state index contributed by atoms with van der Waals surface area (Å²) in [6.45, 7) is 0. The van der Waals surface area contributed by atoms with Crippen LogP contribution in [-0.4, -0.2) is 18.0 Å². The number of nitriles is 1. The van der Waals surface area contributed by atoms with Gasteiger partial charge in [0.25, 0.3) is 5.69 Å². The Hall–Kier alpha value is -2.67. The summed E-state index contributed by atoms with van der Waals surface area (Å²) in [4.78, 5) is 22.4. The molecule has 8 heteroatoms. The third-order valence-corrected chi connectivity index (χ3v) is 3.65. The van der Waals surface area contributed by atoms with Crippen molar-refractivity contribution in [3.63, 3.8) is 0 Å². The number of non-ortho nitro benzene ring substituents is 1. The molecular formula is C15H9IN2O5. The average molecular weight is 424 g/mol. The highest BCUT2D eigenvalue weighted by Gasteiger charge is 2.18. The smallest absolute Gasteiger partial charge is 0.343 e. The zero-order valence-electron chi connectivity index (χ0n) is 11.8. The van der Waals surface area contributed by atoms with Gasteiger partial charge in [0.2, 0.25) is 0 Å². The van der Waals surface area contributed by atoms with Gasteiger partial charge in [0.15, 0.2) is 11.5 Å². The zero-order chi connectivity index (χ0) is 17.0. The monoisotopic (exact) mass is 424 g/mol. The lowest BCUT2D eigenvalue weighted by Gasteiger charge is -2.11. The first-order chi connectivity index (χ1) is 11.0. The van der Waals surface area contributed by atoms with E-state index in [4.69, 9.17) is 14.7 Å². The molecule has 0 aromatic heterocycles. The van der Waals surface area contributed by atoms with Crippen molar-refractivity contribution >= 4 is 34.2 Å². The molecule has 2 aromatic carbocycles. The Morgan fingerprint density at radius 3 is 2.70 bits per heavy atom. The SMILES string of the molecule is COc1cc(C#N)cc(I)c1OC(=O)c1cccc([N+](=O)[O-])c1. The predicted octanol–water partition coefficient (Wildman–Crippen LogP) is 3.30. The van der Waals surface area contributed by atoms with Crippen molar-refractivity contribution in [1.82, 2.24) is 0 Å². The Morgan fingerprint density at radius 1 is 1.35 bits per heavy atom. The van der Waals surface area contributed by atoms with Gasteiger partial charge < -0.3 is 9.47 Å². The normalized spacial score (nSPS) is 9.78. The van der Waals surface area contributed by atoms with Crippen LogP contribution in [0.15, 0.2) is 36.4 Å². The molecule has 0 aliphatic rings. The van der Waals surface area contributed by atoms with Crippen molar-refractivity contribution in [3.05, 3.63) is 61.2 Å². The number of benzene rings is 2. The molecule has 0 saturated heterocycles. The topological polar surface area (TPSA) is 102 Å². The van der Waals surface area contributed by atoms with E-state index in [-0.39, 0.29) is 22.7 Å². The molecule has 0 atom stereocenters. The van der Waals surface area contributed by atoms with Crippen molar-refractivity contribution in [2.75, 3.05) is 7.11 Å². The molecule has 0 aliphatic heterocycles. The Kier molecular flexibility index (Phi) is 5.13. The van der Waals surface area contributed by atoms with E-state index >= 15 is 0 Å². The summed E-state index contributed by atoms with van der Waals surface area (Å²) >= 11 is 1.91. The van der Waals surface area contributed by atoms with E-state index < -0.39 is 10.9 Å². The van der Waals surface area contributed by atoms with Crippen LogP contribution in [0, 0.1) is 25.0 Å². The van der Waals surface area contributed by atoms with Crippen molar-refractivity contribution in [2.24, 2.45) is 0 Å². The van der Waals surface area contributed by atoms with E-state index in [2.05, 4.69) is 0 Å². The number of methoxy groups -OCH3 is 1. The largest absolute Gasteiger partial charge is 0.493 e. The van der Waals surface area contributed by atoms with E-state index in [0.29, 0.717) is 9.13 Å². The Labute approximate surface area is 144 Å². The van der Waals surface area contributed by atoms with E-state index in [1.165, 1.54) is 31.4 Å². The van der Waals surface area contributed by atoms with Crippen LogP contribution in [0.4, 0.5) is 5.69 Å². The van der Waals surface area contributed by atoms with Gasteiger partial charge in [-0.2, -0.15) is 5.26 Å². The van der Waals surface area contributed by atoms with Gasteiger partial charge in [0.1, 0.15) is 0 Å². The molecule has 0 amide bonds. The van der Waals surface area contributed by atoms with Gasteiger partial charge in [0.05, 0.1) is 32.8 Å². The lowest BCUT2D eigenvalue weighted by Crippen LogP contribution is -2.10. The lowest BCUT2D eigenvalue weighted by atomic mass is 10.2. The van der Waals surface area contributed by atoms with Crippen molar-refractivity contribution in [3.8, 4) is 17.6 Å². The van der Waals surface area contributed by atoms with Crippen LogP contribution >= 0.6 is 22.6 Å². The zero-order valence-corrected chi connectivity index (χ0v) is 13.9. The van der Waals surface area contributed by atoms with Gasteiger partial charge in [-0.15, -0.1) is 0 Å². The van der Waals surface area contributed by atoms with Crippen LogP contribution in [0.2, 0.25) is 0 Å². The maximum absolute atomic E-state index is 12.2. The van der Waals surface area contributed by atoms with Crippen LogP contribution in [0.25, 0.3) is 0 Å². The number of hydrogen-bond acceptors (Lipinski definition) is 6. The summed E-state index contributed by atoms with van der Waals surface area (Å²) in [6, 6.07) is 10.2. The predicted molar refractivity (Wildman–Crippen MR) is 88.5 cm³/mol.